The van der Waals surface area contributed by atoms with Gasteiger partial charge in [-0.2, -0.15) is 0 Å². The molecule has 2 unspecified atom stereocenters. The number of aryl methyl sites for hydroxylation is 1. The summed E-state index contributed by atoms with van der Waals surface area (Å²) < 4.78 is 0. The number of anilines is 1. The lowest BCUT2D eigenvalue weighted by atomic mass is 9.82. The van der Waals surface area contributed by atoms with Crippen LogP contribution >= 0.6 is 0 Å². The summed E-state index contributed by atoms with van der Waals surface area (Å²) in [6.45, 7) is 4.08. The van der Waals surface area contributed by atoms with E-state index in [4.69, 9.17) is 0 Å². The predicted octanol–water partition coefficient (Wildman–Crippen LogP) is 3.09. The molecular formula is C17H19NO2. The Morgan fingerprint density at radius 3 is 2.60 bits per heavy atom. The fourth-order valence-electron chi connectivity index (χ4n) is 3.30. The van der Waals surface area contributed by atoms with E-state index in [0.717, 1.165) is 24.1 Å². The molecule has 2 amide bonds. The van der Waals surface area contributed by atoms with E-state index in [-0.39, 0.29) is 23.7 Å². The average molecular weight is 269 g/mol. The topological polar surface area (TPSA) is 37.4 Å². The number of imide groups is 1. The number of benzene rings is 1. The van der Waals surface area contributed by atoms with Crippen molar-refractivity contribution in [3.05, 3.63) is 41.5 Å². The van der Waals surface area contributed by atoms with Gasteiger partial charge in [-0.1, -0.05) is 36.8 Å². The molecule has 2 atom stereocenters. The van der Waals surface area contributed by atoms with Gasteiger partial charge in [-0.15, -0.1) is 0 Å². The molecule has 1 aromatic rings. The van der Waals surface area contributed by atoms with Crippen LogP contribution in [0.5, 0.6) is 0 Å². The number of hydrogen-bond donors (Lipinski definition) is 0. The summed E-state index contributed by atoms with van der Waals surface area (Å²) in [5.41, 5.74) is 3.05. The molecule has 1 fully saturated rings. The second kappa shape index (κ2) is 4.89. The summed E-state index contributed by atoms with van der Waals surface area (Å²) in [5, 5.41) is 0. The van der Waals surface area contributed by atoms with Crippen LogP contribution in [0, 0.1) is 11.8 Å². The fraction of sp³-hybridized carbons (Fsp3) is 0.412. The summed E-state index contributed by atoms with van der Waals surface area (Å²) >= 11 is 0. The minimum Gasteiger partial charge on any atom is -0.274 e. The van der Waals surface area contributed by atoms with Crippen LogP contribution in [0.3, 0.4) is 0 Å². The second-order valence-electron chi connectivity index (χ2n) is 5.70. The van der Waals surface area contributed by atoms with Crippen LogP contribution in [0.2, 0.25) is 0 Å². The monoisotopic (exact) mass is 269 g/mol. The van der Waals surface area contributed by atoms with Gasteiger partial charge in [0.1, 0.15) is 0 Å². The summed E-state index contributed by atoms with van der Waals surface area (Å²) in [6, 6.07) is 7.71. The molecule has 3 nitrogen and oxygen atoms in total. The molecule has 3 heteroatoms. The zero-order chi connectivity index (χ0) is 14.3. The molecule has 20 heavy (non-hydrogen) atoms. The molecule has 0 bridgehead atoms. The van der Waals surface area contributed by atoms with Crippen molar-refractivity contribution in [2.24, 2.45) is 11.8 Å². The van der Waals surface area contributed by atoms with Crippen molar-refractivity contribution < 1.29 is 9.59 Å². The van der Waals surface area contributed by atoms with E-state index in [0.29, 0.717) is 6.42 Å². The lowest BCUT2D eigenvalue weighted by molar-refractivity contribution is -0.122. The van der Waals surface area contributed by atoms with E-state index < -0.39 is 0 Å². The molecule has 1 aromatic carbocycles. The van der Waals surface area contributed by atoms with Gasteiger partial charge < -0.3 is 0 Å². The van der Waals surface area contributed by atoms with E-state index in [1.54, 1.807) is 0 Å². The number of fused-ring (bicyclic) bond motifs is 1. The van der Waals surface area contributed by atoms with Crippen LogP contribution in [-0.2, 0) is 16.0 Å². The SMILES string of the molecule is CCc1ccccc1N1C(=O)C2CC=C(C)CC2C1=O. The Hall–Kier alpha value is -1.90. The molecule has 1 heterocycles. The first-order valence-corrected chi connectivity index (χ1v) is 7.24. The van der Waals surface area contributed by atoms with Gasteiger partial charge in [0, 0.05) is 0 Å². The molecule has 1 aliphatic carbocycles. The van der Waals surface area contributed by atoms with Crippen LogP contribution in [0.4, 0.5) is 5.69 Å². The van der Waals surface area contributed by atoms with Crippen molar-refractivity contribution in [2.45, 2.75) is 33.1 Å². The molecule has 1 saturated heterocycles. The molecule has 0 spiro atoms. The molecule has 0 radical (unpaired) electrons. The predicted molar refractivity (Wildman–Crippen MR) is 78.3 cm³/mol. The van der Waals surface area contributed by atoms with Gasteiger partial charge >= 0.3 is 0 Å². The number of para-hydroxylation sites is 1. The van der Waals surface area contributed by atoms with Gasteiger partial charge in [0.2, 0.25) is 11.8 Å². The number of nitrogens with zero attached hydrogens (tertiary/aromatic N) is 1. The number of allylic oxidation sites excluding steroid dienone is 2. The Labute approximate surface area is 119 Å². The highest BCUT2D eigenvalue weighted by Gasteiger charge is 2.48. The summed E-state index contributed by atoms with van der Waals surface area (Å²) in [6.07, 6.45) is 4.34. The van der Waals surface area contributed by atoms with Crippen molar-refractivity contribution in [3.63, 3.8) is 0 Å². The van der Waals surface area contributed by atoms with Crippen molar-refractivity contribution in [1.29, 1.82) is 0 Å². The highest BCUT2D eigenvalue weighted by molar-refractivity contribution is 6.22. The van der Waals surface area contributed by atoms with E-state index in [1.165, 1.54) is 10.5 Å². The summed E-state index contributed by atoms with van der Waals surface area (Å²) in [7, 11) is 0. The fourth-order valence-corrected chi connectivity index (χ4v) is 3.30. The number of carbonyl (C=O) groups is 2. The van der Waals surface area contributed by atoms with Gasteiger partial charge in [-0.25, -0.2) is 4.90 Å². The van der Waals surface area contributed by atoms with Crippen molar-refractivity contribution in [2.75, 3.05) is 4.90 Å². The zero-order valence-corrected chi connectivity index (χ0v) is 11.9. The maximum absolute atomic E-state index is 12.6. The average Bonchev–Trinajstić information content (AvgIpc) is 2.70. The molecule has 3 rings (SSSR count). The maximum atomic E-state index is 12.6. The van der Waals surface area contributed by atoms with Crippen LogP contribution in [0.15, 0.2) is 35.9 Å². The summed E-state index contributed by atoms with van der Waals surface area (Å²) in [4.78, 5) is 26.7. The molecule has 2 aliphatic rings. The largest absolute Gasteiger partial charge is 0.274 e. The molecular weight excluding hydrogens is 250 g/mol. The third-order valence-corrected chi connectivity index (χ3v) is 4.44. The Morgan fingerprint density at radius 2 is 1.85 bits per heavy atom. The van der Waals surface area contributed by atoms with Crippen molar-refractivity contribution in [3.8, 4) is 0 Å². The Kier molecular flexibility index (Phi) is 3.20. The third kappa shape index (κ3) is 1.89. The van der Waals surface area contributed by atoms with Crippen LogP contribution in [-0.4, -0.2) is 11.8 Å². The van der Waals surface area contributed by atoms with Crippen LogP contribution < -0.4 is 4.90 Å². The highest BCUT2D eigenvalue weighted by Crippen LogP contribution is 2.40. The lowest BCUT2D eigenvalue weighted by Gasteiger charge is -2.19. The zero-order valence-electron chi connectivity index (χ0n) is 11.9. The molecule has 0 N–H and O–H groups in total. The Bertz CT molecular complexity index is 603. The summed E-state index contributed by atoms with van der Waals surface area (Å²) in [5.74, 6) is -0.355. The first-order valence-electron chi connectivity index (χ1n) is 7.24. The van der Waals surface area contributed by atoms with E-state index >= 15 is 0 Å². The van der Waals surface area contributed by atoms with Crippen molar-refractivity contribution >= 4 is 17.5 Å². The van der Waals surface area contributed by atoms with Gasteiger partial charge in [0.05, 0.1) is 17.5 Å². The van der Waals surface area contributed by atoms with Gasteiger partial charge in [-0.05, 0) is 37.8 Å². The maximum Gasteiger partial charge on any atom is 0.238 e. The molecule has 104 valence electrons. The third-order valence-electron chi connectivity index (χ3n) is 4.44. The highest BCUT2D eigenvalue weighted by atomic mass is 16.2. The standard InChI is InChI=1S/C17H19NO2/c1-3-12-6-4-5-7-15(12)18-16(19)13-9-8-11(2)10-14(13)17(18)20/h4-8,13-14H,3,9-10H2,1-2H3. The van der Waals surface area contributed by atoms with Crippen molar-refractivity contribution in [1.82, 2.24) is 0 Å². The Balaban J connectivity index is 2.00. The lowest BCUT2D eigenvalue weighted by Crippen LogP contribution is -2.31. The van der Waals surface area contributed by atoms with Gasteiger partial charge in [0.25, 0.3) is 0 Å². The first-order chi connectivity index (χ1) is 9.63. The first kappa shape index (κ1) is 13.1. The van der Waals surface area contributed by atoms with Crippen LogP contribution in [0.25, 0.3) is 0 Å². The molecule has 0 aromatic heterocycles. The normalized spacial score (nSPS) is 25.7. The van der Waals surface area contributed by atoms with E-state index in [1.807, 2.05) is 38.1 Å². The number of hydrogen-bond acceptors (Lipinski definition) is 2. The van der Waals surface area contributed by atoms with Gasteiger partial charge in [-0.3, -0.25) is 9.59 Å². The van der Waals surface area contributed by atoms with Crippen LogP contribution in [0.1, 0.15) is 32.3 Å². The number of rotatable bonds is 2. The minimum atomic E-state index is -0.156. The quantitative estimate of drug-likeness (QED) is 0.611. The molecule has 1 aliphatic heterocycles. The van der Waals surface area contributed by atoms with E-state index in [9.17, 15) is 9.59 Å². The Morgan fingerprint density at radius 1 is 1.15 bits per heavy atom. The number of carbonyl (C=O) groups excluding carboxylic acids is 2. The van der Waals surface area contributed by atoms with Gasteiger partial charge in [0.15, 0.2) is 0 Å². The minimum absolute atomic E-state index is 0.0200. The number of amides is 2. The van der Waals surface area contributed by atoms with E-state index in [2.05, 4.69) is 6.08 Å². The molecule has 0 saturated carbocycles. The smallest absolute Gasteiger partial charge is 0.238 e. The second-order valence-corrected chi connectivity index (χ2v) is 5.70.